The lowest BCUT2D eigenvalue weighted by atomic mass is 10.3. The molecule has 0 aliphatic heterocycles. The van der Waals surface area contributed by atoms with Crippen molar-refractivity contribution in [1.29, 1.82) is 0 Å². The molecule has 1 heterocycles. The molecule has 1 aromatic carbocycles. The third-order valence-electron chi connectivity index (χ3n) is 1.73. The van der Waals surface area contributed by atoms with Crippen LogP contribution in [-0.2, 0) is 0 Å². The first kappa shape index (κ1) is 8.49. The highest BCUT2D eigenvalue weighted by atomic mass is 16.5. The van der Waals surface area contributed by atoms with E-state index in [1.54, 1.807) is 7.11 Å². The average molecular weight is 191 g/mol. The monoisotopic (exact) mass is 191 g/mol. The molecular formula is C8H9N5O. The van der Waals surface area contributed by atoms with E-state index >= 15 is 0 Å². The minimum absolute atomic E-state index is 0.154. The lowest BCUT2D eigenvalue weighted by Gasteiger charge is -2.00. The van der Waals surface area contributed by atoms with Gasteiger partial charge >= 0.3 is 0 Å². The molecule has 72 valence electrons. The van der Waals surface area contributed by atoms with Crippen LogP contribution in [0.3, 0.4) is 0 Å². The van der Waals surface area contributed by atoms with Crippen LogP contribution in [-0.4, -0.2) is 27.3 Å². The molecule has 6 heteroatoms. The van der Waals surface area contributed by atoms with Gasteiger partial charge in [-0.2, -0.15) is 0 Å². The molecule has 0 aliphatic rings. The molecule has 0 amide bonds. The zero-order chi connectivity index (χ0) is 9.97. The van der Waals surface area contributed by atoms with Crippen molar-refractivity contribution in [3.63, 3.8) is 0 Å². The molecule has 0 atom stereocenters. The minimum Gasteiger partial charge on any atom is -0.497 e. The highest BCUT2D eigenvalue weighted by Crippen LogP contribution is 2.13. The number of methoxy groups -OCH3 is 1. The van der Waals surface area contributed by atoms with Crippen molar-refractivity contribution in [3.8, 4) is 11.4 Å². The third kappa shape index (κ3) is 1.49. The van der Waals surface area contributed by atoms with Gasteiger partial charge in [-0.25, -0.2) is 0 Å². The van der Waals surface area contributed by atoms with Gasteiger partial charge in [0, 0.05) is 0 Å². The van der Waals surface area contributed by atoms with Crippen molar-refractivity contribution in [2.24, 2.45) is 0 Å². The Bertz CT molecular complexity index is 422. The van der Waals surface area contributed by atoms with E-state index in [9.17, 15) is 0 Å². The van der Waals surface area contributed by atoms with E-state index in [2.05, 4.69) is 15.4 Å². The maximum atomic E-state index is 5.34. The Morgan fingerprint density at radius 2 is 2.00 bits per heavy atom. The molecule has 0 fully saturated rings. The highest BCUT2D eigenvalue weighted by Gasteiger charge is 2.00. The Morgan fingerprint density at radius 1 is 1.29 bits per heavy atom. The average Bonchev–Trinajstić information content (AvgIpc) is 2.65. The Hall–Kier alpha value is -2.11. The summed E-state index contributed by atoms with van der Waals surface area (Å²) in [5.41, 5.74) is 6.13. The molecule has 2 rings (SSSR count). The number of anilines is 1. The van der Waals surface area contributed by atoms with Gasteiger partial charge in [0.25, 0.3) is 5.95 Å². The fraction of sp³-hybridized carbons (Fsp3) is 0.125. The number of nitrogens with zero attached hydrogens (tertiary/aromatic N) is 4. The van der Waals surface area contributed by atoms with Crippen LogP contribution in [0, 0.1) is 0 Å². The molecule has 0 saturated carbocycles. The number of hydrogen-bond acceptors (Lipinski definition) is 5. The SMILES string of the molecule is COc1ccc(-n2nnc(N)n2)cc1. The Labute approximate surface area is 80.3 Å². The summed E-state index contributed by atoms with van der Waals surface area (Å²) in [7, 11) is 1.61. The van der Waals surface area contributed by atoms with Gasteiger partial charge in [-0.05, 0) is 29.5 Å². The van der Waals surface area contributed by atoms with Crippen LogP contribution in [0.4, 0.5) is 5.95 Å². The van der Waals surface area contributed by atoms with Crippen molar-refractivity contribution < 1.29 is 4.74 Å². The molecule has 0 aliphatic carbocycles. The number of hydrogen-bond donors (Lipinski definition) is 1. The lowest BCUT2D eigenvalue weighted by molar-refractivity contribution is 0.414. The van der Waals surface area contributed by atoms with Crippen molar-refractivity contribution in [2.45, 2.75) is 0 Å². The van der Waals surface area contributed by atoms with Crippen LogP contribution in [0.1, 0.15) is 0 Å². The van der Waals surface area contributed by atoms with Crippen molar-refractivity contribution in [1.82, 2.24) is 20.2 Å². The lowest BCUT2D eigenvalue weighted by Crippen LogP contribution is -1.99. The fourth-order valence-corrected chi connectivity index (χ4v) is 1.05. The summed E-state index contributed by atoms with van der Waals surface area (Å²) >= 11 is 0. The maximum Gasteiger partial charge on any atom is 0.261 e. The van der Waals surface area contributed by atoms with Gasteiger partial charge in [0.05, 0.1) is 12.8 Å². The summed E-state index contributed by atoms with van der Waals surface area (Å²) < 4.78 is 5.02. The minimum atomic E-state index is 0.154. The van der Waals surface area contributed by atoms with E-state index in [-0.39, 0.29) is 5.95 Å². The number of rotatable bonds is 2. The first-order valence-corrected chi connectivity index (χ1v) is 3.99. The van der Waals surface area contributed by atoms with Crippen LogP contribution in [0.25, 0.3) is 5.69 Å². The predicted octanol–water partition coefficient (Wildman–Crippen LogP) is 0.253. The summed E-state index contributed by atoms with van der Waals surface area (Å²) in [6.07, 6.45) is 0. The second kappa shape index (κ2) is 3.33. The van der Waals surface area contributed by atoms with Gasteiger partial charge in [-0.15, -0.1) is 9.90 Å². The molecule has 2 aromatic rings. The maximum absolute atomic E-state index is 5.34. The Kier molecular flexibility index (Phi) is 2.02. The summed E-state index contributed by atoms with van der Waals surface area (Å²) in [6, 6.07) is 7.27. The smallest absolute Gasteiger partial charge is 0.261 e. The van der Waals surface area contributed by atoms with Crippen LogP contribution >= 0.6 is 0 Å². The predicted molar refractivity (Wildman–Crippen MR) is 50.1 cm³/mol. The summed E-state index contributed by atoms with van der Waals surface area (Å²) in [4.78, 5) is 1.36. The van der Waals surface area contributed by atoms with Gasteiger partial charge in [-0.3, -0.25) is 0 Å². The number of benzene rings is 1. The highest BCUT2D eigenvalue weighted by molar-refractivity contribution is 5.35. The van der Waals surface area contributed by atoms with Gasteiger partial charge in [0.15, 0.2) is 0 Å². The zero-order valence-corrected chi connectivity index (χ0v) is 7.58. The molecule has 0 unspecified atom stereocenters. The third-order valence-corrected chi connectivity index (χ3v) is 1.73. The molecule has 0 saturated heterocycles. The Morgan fingerprint density at radius 3 is 2.50 bits per heavy atom. The standard InChI is InChI=1S/C8H9N5O/c1-14-7-4-2-6(3-5-7)13-11-8(9)10-12-13/h2-5H,1H3,(H2,9,11). The van der Waals surface area contributed by atoms with Crippen molar-refractivity contribution in [3.05, 3.63) is 24.3 Å². The molecule has 14 heavy (non-hydrogen) atoms. The zero-order valence-electron chi connectivity index (χ0n) is 7.58. The first-order chi connectivity index (χ1) is 6.79. The van der Waals surface area contributed by atoms with Crippen LogP contribution in [0.15, 0.2) is 24.3 Å². The molecule has 0 bridgehead atoms. The van der Waals surface area contributed by atoms with E-state index in [1.165, 1.54) is 4.80 Å². The van der Waals surface area contributed by atoms with Crippen LogP contribution in [0.5, 0.6) is 5.75 Å². The summed E-state index contributed by atoms with van der Waals surface area (Å²) in [5, 5.41) is 11.2. The molecule has 0 spiro atoms. The molecule has 2 N–H and O–H groups in total. The van der Waals surface area contributed by atoms with Crippen LogP contribution < -0.4 is 10.5 Å². The number of tetrazole rings is 1. The Balaban J connectivity index is 2.33. The second-order valence-electron chi connectivity index (χ2n) is 2.64. The van der Waals surface area contributed by atoms with E-state index in [0.717, 1.165) is 11.4 Å². The largest absolute Gasteiger partial charge is 0.497 e. The van der Waals surface area contributed by atoms with Crippen LogP contribution in [0.2, 0.25) is 0 Å². The van der Waals surface area contributed by atoms with E-state index < -0.39 is 0 Å². The summed E-state index contributed by atoms with van der Waals surface area (Å²) in [5.74, 6) is 0.933. The second-order valence-corrected chi connectivity index (χ2v) is 2.64. The van der Waals surface area contributed by atoms with Gasteiger partial charge in [0.2, 0.25) is 0 Å². The van der Waals surface area contributed by atoms with Crippen molar-refractivity contribution >= 4 is 5.95 Å². The van der Waals surface area contributed by atoms with Gasteiger partial charge in [-0.1, -0.05) is 5.10 Å². The van der Waals surface area contributed by atoms with Gasteiger partial charge in [0.1, 0.15) is 5.75 Å². The van der Waals surface area contributed by atoms with E-state index in [1.807, 2.05) is 24.3 Å². The summed E-state index contributed by atoms with van der Waals surface area (Å²) in [6.45, 7) is 0. The quantitative estimate of drug-likeness (QED) is 0.736. The molecular weight excluding hydrogens is 182 g/mol. The number of nitrogen functional groups attached to an aromatic ring is 1. The molecule has 1 aromatic heterocycles. The van der Waals surface area contributed by atoms with Gasteiger partial charge < -0.3 is 10.5 Å². The normalized spacial score (nSPS) is 10.1. The van der Waals surface area contributed by atoms with Crippen molar-refractivity contribution in [2.75, 3.05) is 12.8 Å². The number of ether oxygens (including phenoxy) is 1. The topological polar surface area (TPSA) is 78.8 Å². The first-order valence-electron chi connectivity index (χ1n) is 3.99. The van der Waals surface area contributed by atoms with E-state index in [4.69, 9.17) is 10.5 Å². The van der Waals surface area contributed by atoms with E-state index in [0.29, 0.717) is 0 Å². The number of aromatic nitrogens is 4. The molecule has 6 nitrogen and oxygen atoms in total. The fourth-order valence-electron chi connectivity index (χ4n) is 1.05. The molecule has 0 radical (unpaired) electrons. The number of nitrogens with two attached hydrogens (primary N) is 1.